The van der Waals surface area contributed by atoms with Gasteiger partial charge in [0.2, 0.25) is 6.79 Å². The van der Waals surface area contributed by atoms with Crippen LogP contribution in [0.3, 0.4) is 0 Å². The van der Waals surface area contributed by atoms with Crippen LogP contribution in [-0.4, -0.2) is 13.3 Å². The summed E-state index contributed by atoms with van der Waals surface area (Å²) in [6.07, 6.45) is 0. The molecule has 2 aromatic rings. The number of anilines is 1. The first-order chi connectivity index (χ1) is 10.2. The van der Waals surface area contributed by atoms with Crippen molar-refractivity contribution in [2.75, 3.05) is 18.7 Å². The molecule has 2 aromatic carbocycles. The minimum absolute atomic E-state index is 0.200. The summed E-state index contributed by atoms with van der Waals surface area (Å²) in [5, 5.41) is 3.11. The average molecular weight is 353 g/mol. The number of fused-ring (bicyclic) bond motifs is 1. The Labute approximate surface area is 130 Å². The maximum Gasteiger partial charge on any atom is 0.231 e. The summed E-state index contributed by atoms with van der Waals surface area (Å²) in [7, 11) is 0. The lowest BCUT2D eigenvalue weighted by Gasteiger charge is -2.19. The van der Waals surface area contributed by atoms with Crippen LogP contribution in [0.2, 0.25) is 0 Å². The zero-order valence-corrected chi connectivity index (χ0v) is 12.7. The summed E-state index contributed by atoms with van der Waals surface area (Å²) in [6, 6.07) is 10.0. The van der Waals surface area contributed by atoms with Crippen LogP contribution in [0.25, 0.3) is 0 Å². The van der Waals surface area contributed by atoms with E-state index in [9.17, 15) is 4.39 Å². The van der Waals surface area contributed by atoms with E-state index in [1.807, 2.05) is 12.1 Å². The molecule has 0 bridgehead atoms. The van der Waals surface area contributed by atoms with Crippen LogP contribution in [0.1, 0.15) is 11.6 Å². The first kappa shape index (κ1) is 14.2. The highest BCUT2D eigenvalue weighted by Gasteiger charge is 2.21. The smallest absolute Gasteiger partial charge is 0.231 e. The molecule has 1 heterocycles. The van der Waals surface area contributed by atoms with Crippen molar-refractivity contribution in [3.05, 3.63) is 52.3 Å². The second-order valence-electron chi connectivity index (χ2n) is 4.65. The lowest BCUT2D eigenvalue weighted by atomic mass is 10.1. The molecule has 1 atom stereocenters. The summed E-state index contributed by atoms with van der Waals surface area (Å²) in [4.78, 5) is 0. The van der Waals surface area contributed by atoms with Crippen LogP contribution in [0.15, 0.2) is 40.9 Å². The number of halogens is 2. The Balaban J connectivity index is 1.90. The Morgan fingerprint density at radius 2 is 2.10 bits per heavy atom. The number of ether oxygens (including phenoxy) is 2. The molecule has 0 aliphatic carbocycles. The highest BCUT2D eigenvalue weighted by atomic mass is 79.9. The molecule has 0 saturated heterocycles. The topological polar surface area (TPSA) is 56.5 Å². The molecule has 0 spiro atoms. The summed E-state index contributed by atoms with van der Waals surface area (Å²) in [5.41, 5.74) is 7.14. The van der Waals surface area contributed by atoms with E-state index < -0.39 is 0 Å². The molecule has 3 rings (SSSR count). The monoisotopic (exact) mass is 352 g/mol. The molecule has 1 aliphatic rings. The zero-order valence-electron chi connectivity index (χ0n) is 11.1. The SMILES string of the molecule is NCC(Nc1ccccc1F)c1cc(Br)c2c(c1)OCO2. The Morgan fingerprint density at radius 1 is 1.29 bits per heavy atom. The summed E-state index contributed by atoms with van der Waals surface area (Å²) < 4.78 is 25.3. The van der Waals surface area contributed by atoms with E-state index in [2.05, 4.69) is 21.2 Å². The van der Waals surface area contributed by atoms with Crippen LogP contribution >= 0.6 is 15.9 Å². The minimum atomic E-state index is -0.309. The minimum Gasteiger partial charge on any atom is -0.454 e. The lowest BCUT2D eigenvalue weighted by molar-refractivity contribution is 0.173. The molecule has 1 unspecified atom stereocenters. The fourth-order valence-corrected chi connectivity index (χ4v) is 2.81. The fraction of sp³-hybridized carbons (Fsp3) is 0.200. The van der Waals surface area contributed by atoms with E-state index in [1.54, 1.807) is 18.2 Å². The molecule has 1 aliphatic heterocycles. The van der Waals surface area contributed by atoms with Gasteiger partial charge in [0.1, 0.15) is 5.82 Å². The van der Waals surface area contributed by atoms with Crippen molar-refractivity contribution in [1.29, 1.82) is 0 Å². The van der Waals surface area contributed by atoms with Crippen LogP contribution < -0.4 is 20.5 Å². The second kappa shape index (κ2) is 5.91. The third-order valence-corrected chi connectivity index (χ3v) is 3.88. The molecule has 4 nitrogen and oxygen atoms in total. The Hall–Kier alpha value is -1.79. The van der Waals surface area contributed by atoms with Gasteiger partial charge >= 0.3 is 0 Å². The normalized spacial score (nSPS) is 14.0. The predicted molar refractivity (Wildman–Crippen MR) is 82.1 cm³/mol. The molecular weight excluding hydrogens is 339 g/mol. The highest BCUT2D eigenvalue weighted by Crippen LogP contribution is 2.41. The molecule has 21 heavy (non-hydrogen) atoms. The van der Waals surface area contributed by atoms with Crippen molar-refractivity contribution >= 4 is 21.6 Å². The number of rotatable bonds is 4. The number of nitrogens with two attached hydrogens (primary N) is 1. The molecule has 3 N–H and O–H groups in total. The largest absolute Gasteiger partial charge is 0.454 e. The van der Waals surface area contributed by atoms with Gasteiger partial charge in [0.25, 0.3) is 0 Å². The van der Waals surface area contributed by atoms with Gasteiger partial charge in [-0.1, -0.05) is 12.1 Å². The number of benzene rings is 2. The molecule has 0 amide bonds. The third-order valence-electron chi connectivity index (χ3n) is 3.29. The van der Waals surface area contributed by atoms with Gasteiger partial charge in [-0.3, -0.25) is 0 Å². The van der Waals surface area contributed by atoms with E-state index in [0.29, 0.717) is 23.7 Å². The van der Waals surface area contributed by atoms with E-state index in [4.69, 9.17) is 15.2 Å². The van der Waals surface area contributed by atoms with Gasteiger partial charge in [0.15, 0.2) is 11.5 Å². The van der Waals surface area contributed by atoms with Gasteiger partial charge in [0, 0.05) is 6.54 Å². The Kier molecular flexibility index (Phi) is 3.98. The van der Waals surface area contributed by atoms with Crippen molar-refractivity contribution in [3.63, 3.8) is 0 Å². The van der Waals surface area contributed by atoms with Crippen molar-refractivity contribution in [1.82, 2.24) is 0 Å². The van der Waals surface area contributed by atoms with Gasteiger partial charge < -0.3 is 20.5 Å². The third kappa shape index (κ3) is 2.82. The number of hydrogen-bond donors (Lipinski definition) is 2. The van der Waals surface area contributed by atoms with E-state index in [1.165, 1.54) is 6.07 Å². The molecule has 0 radical (unpaired) electrons. The Bertz CT molecular complexity index is 666. The van der Waals surface area contributed by atoms with Gasteiger partial charge in [-0.2, -0.15) is 0 Å². The number of hydrogen-bond acceptors (Lipinski definition) is 4. The van der Waals surface area contributed by atoms with E-state index in [-0.39, 0.29) is 18.7 Å². The first-order valence-electron chi connectivity index (χ1n) is 6.49. The Morgan fingerprint density at radius 3 is 2.86 bits per heavy atom. The number of nitrogens with one attached hydrogen (secondary N) is 1. The molecule has 110 valence electrons. The van der Waals surface area contributed by atoms with Crippen molar-refractivity contribution in [2.45, 2.75) is 6.04 Å². The summed E-state index contributed by atoms with van der Waals surface area (Å²) >= 11 is 3.45. The van der Waals surface area contributed by atoms with Gasteiger partial charge in [-0.25, -0.2) is 4.39 Å². The van der Waals surface area contributed by atoms with Crippen molar-refractivity contribution in [3.8, 4) is 11.5 Å². The van der Waals surface area contributed by atoms with Gasteiger partial charge in [0.05, 0.1) is 16.2 Å². The molecule has 6 heteroatoms. The summed E-state index contributed by atoms with van der Waals surface area (Å²) in [6.45, 7) is 0.520. The second-order valence-corrected chi connectivity index (χ2v) is 5.50. The first-order valence-corrected chi connectivity index (χ1v) is 7.28. The predicted octanol–water partition coefficient (Wildman–Crippen LogP) is 3.43. The van der Waals surface area contributed by atoms with Crippen LogP contribution in [0.4, 0.5) is 10.1 Å². The van der Waals surface area contributed by atoms with Crippen molar-refractivity contribution < 1.29 is 13.9 Å². The molecular formula is C15H14BrFN2O2. The maximum atomic E-state index is 13.7. The van der Waals surface area contributed by atoms with E-state index in [0.717, 1.165) is 10.0 Å². The molecule has 0 aromatic heterocycles. The van der Waals surface area contributed by atoms with Crippen molar-refractivity contribution in [2.24, 2.45) is 5.73 Å². The standard InChI is InChI=1S/C15H14BrFN2O2/c16-10-5-9(6-14-15(10)21-8-20-14)13(7-18)19-12-4-2-1-3-11(12)17/h1-6,13,19H,7-8,18H2. The fourth-order valence-electron chi connectivity index (χ4n) is 2.23. The van der Waals surface area contributed by atoms with Gasteiger partial charge in [-0.15, -0.1) is 0 Å². The average Bonchev–Trinajstić information content (AvgIpc) is 2.95. The van der Waals surface area contributed by atoms with Crippen LogP contribution in [-0.2, 0) is 0 Å². The quantitative estimate of drug-likeness (QED) is 0.884. The van der Waals surface area contributed by atoms with Gasteiger partial charge in [-0.05, 0) is 45.8 Å². The van der Waals surface area contributed by atoms with Crippen LogP contribution in [0.5, 0.6) is 11.5 Å². The van der Waals surface area contributed by atoms with Crippen LogP contribution in [0, 0.1) is 5.82 Å². The maximum absolute atomic E-state index is 13.7. The lowest BCUT2D eigenvalue weighted by Crippen LogP contribution is -2.21. The number of para-hydroxylation sites is 1. The highest BCUT2D eigenvalue weighted by molar-refractivity contribution is 9.10. The summed E-state index contributed by atoms with van der Waals surface area (Å²) in [5.74, 6) is 1.03. The zero-order chi connectivity index (χ0) is 14.8. The van der Waals surface area contributed by atoms with E-state index >= 15 is 0 Å². The molecule has 0 fully saturated rings. The molecule has 0 saturated carbocycles.